The van der Waals surface area contributed by atoms with Gasteiger partial charge in [0.15, 0.2) is 5.69 Å². The number of nitrogens with zero attached hydrogens (tertiary/aromatic N) is 2. The molecule has 100 valence electrons. The highest BCUT2D eigenvalue weighted by Crippen LogP contribution is 2.23. The van der Waals surface area contributed by atoms with Crippen molar-refractivity contribution in [2.45, 2.75) is 52.4 Å². The van der Waals surface area contributed by atoms with Crippen LogP contribution in [0.25, 0.3) is 6.08 Å². The second-order valence-electron chi connectivity index (χ2n) is 4.34. The van der Waals surface area contributed by atoms with Crippen molar-refractivity contribution in [3.63, 3.8) is 0 Å². The molecule has 1 aromatic rings. The fraction of sp³-hybridized carbons (Fsp3) is 0.615. The molecule has 1 aromatic heterocycles. The zero-order valence-corrected chi connectivity index (χ0v) is 11.0. The summed E-state index contributed by atoms with van der Waals surface area (Å²) in [5.74, 6) is 0.242. The number of allylic oxidation sites excluding steroid dienone is 1. The van der Waals surface area contributed by atoms with Gasteiger partial charge in [0.1, 0.15) is 0 Å². The summed E-state index contributed by atoms with van der Waals surface area (Å²) in [6.07, 6.45) is 10.6. The Morgan fingerprint density at radius 3 is 2.72 bits per heavy atom. The first-order valence-electron chi connectivity index (χ1n) is 6.44. The molecule has 0 saturated heterocycles. The topological polar surface area (TPSA) is 69.2 Å². The quantitative estimate of drug-likeness (QED) is 0.393. The van der Waals surface area contributed by atoms with E-state index in [2.05, 4.69) is 12.1 Å². The van der Waals surface area contributed by atoms with Crippen molar-refractivity contribution < 1.29 is 9.45 Å². The Hall–Kier alpha value is -1.65. The van der Waals surface area contributed by atoms with Crippen LogP contribution >= 0.6 is 0 Å². The molecule has 0 unspecified atom stereocenters. The van der Waals surface area contributed by atoms with Gasteiger partial charge in [-0.1, -0.05) is 43.8 Å². The summed E-state index contributed by atoms with van der Waals surface area (Å²) in [5.41, 5.74) is 0.292. The number of nitro groups is 1. The fourth-order valence-electron chi connectivity index (χ4n) is 1.77. The standard InChI is InChI=1S/C13H20N2O3/c1-3-4-5-6-7-8-9-10-12-13(15(16)17)11(2)14-18-12/h9-10H,3-8H2,1-2H3. The van der Waals surface area contributed by atoms with Crippen LogP contribution in [-0.2, 0) is 0 Å². The lowest BCUT2D eigenvalue weighted by molar-refractivity contribution is -0.386. The van der Waals surface area contributed by atoms with E-state index in [4.69, 9.17) is 4.52 Å². The summed E-state index contributed by atoms with van der Waals surface area (Å²) in [7, 11) is 0. The molecule has 0 amide bonds. The number of aromatic nitrogens is 1. The highest BCUT2D eigenvalue weighted by atomic mass is 16.6. The monoisotopic (exact) mass is 252 g/mol. The van der Waals surface area contributed by atoms with Gasteiger partial charge in [0.05, 0.1) is 4.92 Å². The van der Waals surface area contributed by atoms with Gasteiger partial charge in [0.25, 0.3) is 0 Å². The highest BCUT2D eigenvalue weighted by molar-refractivity contribution is 5.56. The van der Waals surface area contributed by atoms with E-state index < -0.39 is 4.92 Å². The largest absolute Gasteiger partial charge is 0.349 e. The zero-order valence-electron chi connectivity index (χ0n) is 11.0. The molecule has 1 rings (SSSR count). The van der Waals surface area contributed by atoms with Gasteiger partial charge in [0.2, 0.25) is 5.76 Å². The van der Waals surface area contributed by atoms with Crippen molar-refractivity contribution in [3.05, 3.63) is 27.6 Å². The summed E-state index contributed by atoms with van der Waals surface area (Å²) in [4.78, 5) is 10.3. The van der Waals surface area contributed by atoms with Crippen molar-refractivity contribution in [2.75, 3.05) is 0 Å². The molecule has 5 nitrogen and oxygen atoms in total. The fourth-order valence-corrected chi connectivity index (χ4v) is 1.77. The Morgan fingerprint density at radius 1 is 1.33 bits per heavy atom. The van der Waals surface area contributed by atoms with Gasteiger partial charge in [-0.25, -0.2) is 0 Å². The first-order chi connectivity index (χ1) is 8.66. The van der Waals surface area contributed by atoms with Crippen molar-refractivity contribution >= 4 is 11.8 Å². The van der Waals surface area contributed by atoms with E-state index in [-0.39, 0.29) is 11.4 Å². The van der Waals surface area contributed by atoms with Crippen LogP contribution in [0.1, 0.15) is 56.9 Å². The Balaban J connectivity index is 2.40. The van der Waals surface area contributed by atoms with Gasteiger partial charge in [-0.15, -0.1) is 0 Å². The van der Waals surface area contributed by atoms with E-state index in [1.165, 1.54) is 25.7 Å². The van der Waals surface area contributed by atoms with Crippen LogP contribution in [0.3, 0.4) is 0 Å². The number of hydrogen-bond acceptors (Lipinski definition) is 4. The molecule has 0 aliphatic heterocycles. The average Bonchev–Trinajstić information content (AvgIpc) is 2.69. The molecule has 0 radical (unpaired) electrons. The second kappa shape index (κ2) is 7.63. The number of unbranched alkanes of at least 4 members (excludes halogenated alkanes) is 5. The second-order valence-corrected chi connectivity index (χ2v) is 4.34. The van der Waals surface area contributed by atoms with Crippen LogP contribution in [0.4, 0.5) is 5.69 Å². The first kappa shape index (κ1) is 14.4. The van der Waals surface area contributed by atoms with Gasteiger partial charge in [-0.3, -0.25) is 10.1 Å². The predicted molar refractivity (Wildman–Crippen MR) is 70.3 cm³/mol. The molecule has 0 aliphatic rings. The Morgan fingerprint density at radius 2 is 2.06 bits per heavy atom. The number of hydrogen-bond donors (Lipinski definition) is 0. The molecule has 0 bridgehead atoms. The summed E-state index contributed by atoms with van der Waals surface area (Å²) in [5, 5.41) is 14.4. The van der Waals surface area contributed by atoms with Gasteiger partial charge in [-0.2, -0.15) is 0 Å². The maximum Gasteiger partial charge on any atom is 0.338 e. The molecule has 0 spiro atoms. The van der Waals surface area contributed by atoms with E-state index in [0.717, 1.165) is 12.8 Å². The van der Waals surface area contributed by atoms with Crippen molar-refractivity contribution in [2.24, 2.45) is 0 Å². The minimum atomic E-state index is -0.452. The minimum Gasteiger partial charge on any atom is -0.349 e. The molecule has 18 heavy (non-hydrogen) atoms. The van der Waals surface area contributed by atoms with E-state index in [1.807, 2.05) is 6.08 Å². The molecule has 0 N–H and O–H groups in total. The van der Waals surface area contributed by atoms with Gasteiger partial charge < -0.3 is 4.52 Å². The number of rotatable bonds is 8. The maximum atomic E-state index is 10.8. The molecular weight excluding hydrogens is 232 g/mol. The average molecular weight is 252 g/mol. The SMILES string of the molecule is CCCCCCCC=Cc1onc(C)c1[N+](=O)[O-]. The van der Waals surface area contributed by atoms with E-state index >= 15 is 0 Å². The molecule has 0 saturated carbocycles. The van der Waals surface area contributed by atoms with Crippen molar-refractivity contribution in [1.82, 2.24) is 5.16 Å². The predicted octanol–water partition coefficient (Wildman–Crippen LogP) is 4.26. The first-order valence-corrected chi connectivity index (χ1v) is 6.44. The maximum absolute atomic E-state index is 10.8. The molecule has 1 heterocycles. The lowest BCUT2D eigenvalue weighted by Crippen LogP contribution is -1.90. The van der Waals surface area contributed by atoms with E-state index in [9.17, 15) is 10.1 Å². The summed E-state index contributed by atoms with van der Waals surface area (Å²) in [6, 6.07) is 0. The minimum absolute atomic E-state index is 0.0303. The Kier molecular flexibility index (Phi) is 6.11. The summed E-state index contributed by atoms with van der Waals surface area (Å²) >= 11 is 0. The van der Waals surface area contributed by atoms with Crippen LogP contribution in [0.2, 0.25) is 0 Å². The van der Waals surface area contributed by atoms with Crippen LogP contribution in [-0.4, -0.2) is 10.1 Å². The third kappa shape index (κ3) is 4.31. The summed E-state index contributed by atoms with van der Waals surface area (Å²) < 4.78 is 4.92. The highest BCUT2D eigenvalue weighted by Gasteiger charge is 2.21. The smallest absolute Gasteiger partial charge is 0.338 e. The van der Waals surface area contributed by atoms with Crippen LogP contribution < -0.4 is 0 Å². The van der Waals surface area contributed by atoms with Crippen LogP contribution in [0, 0.1) is 17.0 Å². The zero-order chi connectivity index (χ0) is 13.4. The van der Waals surface area contributed by atoms with Gasteiger partial charge >= 0.3 is 5.69 Å². The third-order valence-corrected chi connectivity index (χ3v) is 2.78. The molecule has 0 atom stereocenters. The summed E-state index contributed by atoms with van der Waals surface area (Å²) in [6.45, 7) is 3.76. The van der Waals surface area contributed by atoms with Crippen LogP contribution in [0.15, 0.2) is 10.6 Å². The molecule has 5 heteroatoms. The normalized spacial score (nSPS) is 11.2. The molecule has 0 aliphatic carbocycles. The van der Waals surface area contributed by atoms with E-state index in [1.54, 1.807) is 13.0 Å². The molecule has 0 fully saturated rings. The number of aryl methyl sites for hydroxylation is 1. The Bertz CT molecular complexity index is 410. The molecular formula is C13H20N2O3. The lowest BCUT2D eigenvalue weighted by atomic mass is 10.1. The van der Waals surface area contributed by atoms with E-state index in [0.29, 0.717) is 5.69 Å². The molecule has 0 aromatic carbocycles. The third-order valence-electron chi connectivity index (χ3n) is 2.78. The van der Waals surface area contributed by atoms with Gasteiger partial charge in [0, 0.05) is 0 Å². The van der Waals surface area contributed by atoms with Gasteiger partial charge in [-0.05, 0) is 25.8 Å². The van der Waals surface area contributed by atoms with Crippen molar-refractivity contribution in [1.29, 1.82) is 0 Å². The lowest BCUT2D eigenvalue weighted by Gasteiger charge is -1.95. The van der Waals surface area contributed by atoms with Crippen molar-refractivity contribution in [3.8, 4) is 0 Å². The van der Waals surface area contributed by atoms with Crippen LogP contribution in [0.5, 0.6) is 0 Å². The Labute approximate surface area is 107 Å².